The van der Waals surface area contributed by atoms with Crippen LogP contribution in [0.25, 0.3) is 0 Å². The van der Waals surface area contributed by atoms with Gasteiger partial charge in [0.05, 0.1) is 12.0 Å². The maximum atomic E-state index is 12.9. The highest BCUT2D eigenvalue weighted by molar-refractivity contribution is 5.76. The van der Waals surface area contributed by atoms with E-state index in [2.05, 4.69) is 51.0 Å². The normalized spacial score (nSPS) is 22.8. The minimum Gasteiger partial charge on any atom is -0.348 e. The fraction of sp³-hybridized carbons (Fsp3) is 0.545. The van der Waals surface area contributed by atoms with Gasteiger partial charge in [0.1, 0.15) is 0 Å². The van der Waals surface area contributed by atoms with Gasteiger partial charge in [-0.1, -0.05) is 30.3 Å². The van der Waals surface area contributed by atoms with Crippen LogP contribution in [0.15, 0.2) is 36.7 Å². The zero-order valence-electron chi connectivity index (χ0n) is 16.2. The number of aromatic amines is 1. The molecule has 2 atom stereocenters. The fourth-order valence-electron chi connectivity index (χ4n) is 4.60. The van der Waals surface area contributed by atoms with E-state index in [1.807, 2.05) is 6.07 Å². The molecule has 1 aromatic carbocycles. The molecule has 144 valence electrons. The van der Waals surface area contributed by atoms with E-state index >= 15 is 0 Å². The highest BCUT2D eigenvalue weighted by Crippen LogP contribution is 2.29. The highest BCUT2D eigenvalue weighted by atomic mass is 16.2. The number of amides is 1. The van der Waals surface area contributed by atoms with Gasteiger partial charge in [0.25, 0.3) is 0 Å². The Balaban J connectivity index is 1.33. The van der Waals surface area contributed by atoms with Crippen molar-refractivity contribution in [2.45, 2.75) is 51.6 Å². The Labute approximate surface area is 161 Å². The van der Waals surface area contributed by atoms with Crippen LogP contribution in [-0.4, -0.2) is 51.4 Å². The Morgan fingerprint density at radius 1 is 1.19 bits per heavy atom. The average molecular weight is 367 g/mol. The quantitative estimate of drug-likeness (QED) is 0.854. The summed E-state index contributed by atoms with van der Waals surface area (Å²) in [5.41, 5.74) is 3.61. The first-order chi connectivity index (χ1) is 13.2. The molecule has 3 aliphatic rings. The van der Waals surface area contributed by atoms with Crippen LogP contribution in [0.3, 0.4) is 0 Å². The summed E-state index contributed by atoms with van der Waals surface area (Å²) in [4.78, 5) is 25.2. The van der Waals surface area contributed by atoms with Gasteiger partial charge < -0.3 is 9.88 Å². The Morgan fingerprint density at radius 3 is 2.81 bits per heavy atom. The maximum Gasteiger partial charge on any atom is 0.222 e. The molecule has 0 spiro atoms. The van der Waals surface area contributed by atoms with Crippen molar-refractivity contribution in [2.24, 2.45) is 5.92 Å². The van der Waals surface area contributed by atoms with Crippen molar-refractivity contribution in [3.05, 3.63) is 53.6 Å². The lowest BCUT2D eigenvalue weighted by molar-refractivity contribution is -0.135. The summed E-state index contributed by atoms with van der Waals surface area (Å²) in [5.74, 6) is 0.944. The molecule has 3 saturated heterocycles. The molecule has 5 nitrogen and oxygen atoms in total. The highest BCUT2D eigenvalue weighted by Gasteiger charge is 2.36. The SMILES string of the molecule is Cc1[nH]cnc1CN1C[C@@H]2CC[C@H](C1)N(C(=O)CCCc1ccccc1)C2. The molecule has 3 fully saturated rings. The van der Waals surface area contributed by atoms with Crippen LogP contribution in [0.5, 0.6) is 0 Å². The molecule has 4 heterocycles. The summed E-state index contributed by atoms with van der Waals surface area (Å²) in [6.07, 6.45) is 6.75. The number of hydrogen-bond acceptors (Lipinski definition) is 3. The lowest BCUT2D eigenvalue weighted by Gasteiger charge is -2.36. The summed E-state index contributed by atoms with van der Waals surface area (Å²) in [7, 11) is 0. The van der Waals surface area contributed by atoms with Crippen LogP contribution in [-0.2, 0) is 17.8 Å². The second-order valence-electron chi connectivity index (χ2n) is 8.15. The third-order valence-electron chi connectivity index (χ3n) is 6.12. The molecule has 3 aliphatic heterocycles. The van der Waals surface area contributed by atoms with Gasteiger partial charge in [-0.2, -0.15) is 0 Å². The van der Waals surface area contributed by atoms with Crippen molar-refractivity contribution < 1.29 is 4.79 Å². The second-order valence-corrected chi connectivity index (χ2v) is 8.15. The number of nitrogens with one attached hydrogen (secondary N) is 1. The van der Waals surface area contributed by atoms with E-state index in [-0.39, 0.29) is 0 Å². The van der Waals surface area contributed by atoms with Crippen molar-refractivity contribution in [3.8, 4) is 0 Å². The van der Waals surface area contributed by atoms with Crippen molar-refractivity contribution >= 4 is 5.91 Å². The predicted molar refractivity (Wildman–Crippen MR) is 106 cm³/mol. The van der Waals surface area contributed by atoms with Crippen LogP contribution in [0.2, 0.25) is 0 Å². The minimum atomic E-state index is 0.346. The number of carbonyl (C=O) groups is 1. The number of H-pyrrole nitrogens is 1. The van der Waals surface area contributed by atoms with E-state index < -0.39 is 0 Å². The molecular formula is C22H30N4O. The van der Waals surface area contributed by atoms with E-state index in [1.54, 1.807) is 6.33 Å². The molecule has 0 aliphatic carbocycles. The first-order valence-electron chi connectivity index (χ1n) is 10.2. The van der Waals surface area contributed by atoms with Crippen molar-refractivity contribution in [1.82, 2.24) is 19.8 Å². The Morgan fingerprint density at radius 2 is 2.04 bits per heavy atom. The number of benzene rings is 1. The van der Waals surface area contributed by atoms with Gasteiger partial charge in [-0.05, 0) is 44.1 Å². The Hall–Kier alpha value is -2.14. The zero-order valence-corrected chi connectivity index (χ0v) is 16.2. The third kappa shape index (κ3) is 4.41. The molecular weight excluding hydrogens is 336 g/mol. The second kappa shape index (κ2) is 8.26. The van der Waals surface area contributed by atoms with Crippen molar-refractivity contribution in [1.29, 1.82) is 0 Å². The predicted octanol–water partition coefficient (Wildman–Crippen LogP) is 3.16. The first-order valence-corrected chi connectivity index (χ1v) is 10.2. The van der Waals surface area contributed by atoms with Crippen molar-refractivity contribution in [2.75, 3.05) is 19.6 Å². The van der Waals surface area contributed by atoms with Gasteiger partial charge in [-0.15, -0.1) is 0 Å². The van der Waals surface area contributed by atoms with Crippen LogP contribution in [0.4, 0.5) is 0 Å². The largest absolute Gasteiger partial charge is 0.348 e. The summed E-state index contributed by atoms with van der Waals surface area (Å²) >= 11 is 0. The fourth-order valence-corrected chi connectivity index (χ4v) is 4.60. The van der Waals surface area contributed by atoms with Crippen molar-refractivity contribution in [3.63, 3.8) is 0 Å². The van der Waals surface area contributed by atoms with E-state index in [1.165, 1.54) is 12.0 Å². The van der Waals surface area contributed by atoms with Gasteiger partial charge in [0.2, 0.25) is 5.91 Å². The number of fused-ring (bicyclic) bond motifs is 4. The maximum absolute atomic E-state index is 12.9. The van der Waals surface area contributed by atoms with E-state index in [0.717, 1.165) is 56.8 Å². The van der Waals surface area contributed by atoms with Crippen LogP contribution in [0, 0.1) is 12.8 Å². The van der Waals surface area contributed by atoms with Gasteiger partial charge >= 0.3 is 0 Å². The standard InChI is InChI=1S/C22H30N4O/c1-17-21(24-16-23-17)15-25-12-19-10-11-20(14-25)26(13-19)22(27)9-5-8-18-6-3-2-4-7-18/h2-4,6-7,16,19-20H,5,8-15H2,1H3,(H,23,24)/t19-,20+/m0/s1. The monoisotopic (exact) mass is 366 g/mol. The van der Waals surface area contributed by atoms with Crippen LogP contribution < -0.4 is 0 Å². The number of piperidine rings is 1. The minimum absolute atomic E-state index is 0.346. The van der Waals surface area contributed by atoms with Gasteiger partial charge in [0, 0.05) is 44.3 Å². The molecule has 1 aromatic heterocycles. The molecule has 0 saturated carbocycles. The number of rotatable bonds is 6. The average Bonchev–Trinajstić information content (AvgIpc) is 2.89. The molecule has 0 radical (unpaired) electrons. The summed E-state index contributed by atoms with van der Waals surface area (Å²) < 4.78 is 0. The lowest BCUT2D eigenvalue weighted by atomic mass is 9.94. The summed E-state index contributed by atoms with van der Waals surface area (Å²) in [6, 6.07) is 10.8. The molecule has 2 aromatic rings. The molecule has 1 amide bonds. The summed E-state index contributed by atoms with van der Waals surface area (Å²) in [6.45, 7) is 5.96. The van der Waals surface area contributed by atoms with Gasteiger partial charge in [-0.25, -0.2) is 4.98 Å². The topological polar surface area (TPSA) is 52.2 Å². The van der Waals surface area contributed by atoms with Crippen LogP contribution in [0.1, 0.15) is 42.6 Å². The number of carbonyl (C=O) groups excluding carboxylic acids is 1. The molecule has 27 heavy (non-hydrogen) atoms. The number of nitrogens with zero attached hydrogens (tertiary/aromatic N) is 3. The Bertz CT molecular complexity index is 757. The number of hydrogen-bond donors (Lipinski definition) is 1. The van der Waals surface area contributed by atoms with E-state index in [4.69, 9.17) is 0 Å². The molecule has 1 N–H and O–H groups in total. The van der Waals surface area contributed by atoms with Gasteiger partial charge in [-0.3, -0.25) is 9.69 Å². The number of aryl methyl sites for hydroxylation is 2. The zero-order chi connectivity index (χ0) is 18.6. The van der Waals surface area contributed by atoms with E-state index in [0.29, 0.717) is 24.3 Å². The molecule has 5 rings (SSSR count). The molecule has 2 bridgehead atoms. The molecule has 0 unspecified atom stereocenters. The number of imidazole rings is 1. The molecule has 5 heteroatoms. The van der Waals surface area contributed by atoms with Gasteiger partial charge in [0.15, 0.2) is 0 Å². The summed E-state index contributed by atoms with van der Waals surface area (Å²) in [5, 5.41) is 0. The van der Waals surface area contributed by atoms with Crippen LogP contribution >= 0.6 is 0 Å². The lowest BCUT2D eigenvalue weighted by Crippen LogP contribution is -2.47. The first kappa shape index (κ1) is 18.2. The Kier molecular flexibility index (Phi) is 5.58. The number of aromatic nitrogens is 2. The smallest absolute Gasteiger partial charge is 0.222 e. The van der Waals surface area contributed by atoms with E-state index in [9.17, 15) is 4.79 Å². The third-order valence-corrected chi connectivity index (χ3v) is 6.12.